The maximum Gasteiger partial charge on any atom is 0.416 e. The summed E-state index contributed by atoms with van der Waals surface area (Å²) in [6, 6.07) is 11.3. The summed E-state index contributed by atoms with van der Waals surface area (Å²) >= 11 is 0. The zero-order chi connectivity index (χ0) is 23.4. The number of carboxylic acids is 1. The van der Waals surface area contributed by atoms with Crippen LogP contribution in [0.1, 0.15) is 75.0 Å². The first-order valence-corrected chi connectivity index (χ1v) is 11.2. The van der Waals surface area contributed by atoms with Crippen molar-refractivity contribution in [3.63, 3.8) is 0 Å². The number of unbranched alkanes of at least 4 members (excludes halogenated alkanes) is 7. The molecule has 0 radical (unpaired) electrons. The van der Waals surface area contributed by atoms with Crippen molar-refractivity contribution in [2.24, 2.45) is 0 Å². The standard InChI is InChI=1S/C26H31F3O3/c1-2-3-4-5-6-7-8-11-17-32-24-16-10-9-13-21(24)19-23(25(30)31)20-14-12-15-22(18-20)26(27,28)29/h9-10,12-16,18-19H,2-8,11,17H2,1H3,(H,30,31)/b23-19+. The third-order valence-corrected chi connectivity index (χ3v) is 5.21. The lowest BCUT2D eigenvalue weighted by Gasteiger charge is -2.12. The summed E-state index contributed by atoms with van der Waals surface area (Å²) in [5, 5.41) is 9.63. The molecule has 2 aromatic rings. The van der Waals surface area contributed by atoms with Crippen LogP contribution in [-0.4, -0.2) is 17.7 Å². The van der Waals surface area contributed by atoms with Gasteiger partial charge in [-0.1, -0.05) is 82.2 Å². The number of para-hydroxylation sites is 1. The molecule has 3 nitrogen and oxygen atoms in total. The van der Waals surface area contributed by atoms with Crippen molar-refractivity contribution in [1.29, 1.82) is 0 Å². The SMILES string of the molecule is CCCCCCCCCCOc1ccccc1/C=C(/C(=O)O)c1cccc(C(F)(F)F)c1. The van der Waals surface area contributed by atoms with Gasteiger partial charge in [0, 0.05) is 5.56 Å². The van der Waals surface area contributed by atoms with Gasteiger partial charge in [-0.15, -0.1) is 0 Å². The predicted octanol–water partition coefficient (Wildman–Crippen LogP) is 7.85. The first-order valence-electron chi connectivity index (χ1n) is 11.2. The summed E-state index contributed by atoms with van der Waals surface area (Å²) in [6.45, 7) is 2.70. The minimum Gasteiger partial charge on any atom is -0.493 e. The highest BCUT2D eigenvalue weighted by Crippen LogP contribution is 2.32. The molecule has 0 saturated heterocycles. The third kappa shape index (κ3) is 8.40. The van der Waals surface area contributed by atoms with Crippen LogP contribution in [0.2, 0.25) is 0 Å². The Hall–Kier alpha value is -2.76. The molecular weight excluding hydrogens is 417 g/mol. The second-order valence-corrected chi connectivity index (χ2v) is 7.80. The molecule has 32 heavy (non-hydrogen) atoms. The van der Waals surface area contributed by atoms with Crippen LogP contribution in [0.3, 0.4) is 0 Å². The lowest BCUT2D eigenvalue weighted by molar-refractivity contribution is -0.137. The molecule has 1 N–H and O–H groups in total. The van der Waals surface area contributed by atoms with Crippen LogP contribution < -0.4 is 4.74 Å². The van der Waals surface area contributed by atoms with E-state index < -0.39 is 17.7 Å². The Morgan fingerprint density at radius 2 is 1.59 bits per heavy atom. The van der Waals surface area contributed by atoms with Gasteiger partial charge in [-0.25, -0.2) is 4.79 Å². The van der Waals surface area contributed by atoms with E-state index in [2.05, 4.69) is 6.92 Å². The number of carboxylic acid groups (broad SMARTS) is 1. The number of aliphatic carboxylic acids is 1. The number of benzene rings is 2. The molecule has 0 aliphatic heterocycles. The van der Waals surface area contributed by atoms with Crippen LogP contribution in [0.4, 0.5) is 13.2 Å². The van der Waals surface area contributed by atoms with E-state index in [1.54, 1.807) is 24.3 Å². The smallest absolute Gasteiger partial charge is 0.416 e. The molecule has 6 heteroatoms. The summed E-state index contributed by atoms with van der Waals surface area (Å²) in [5.74, 6) is -0.789. The average Bonchev–Trinajstić information content (AvgIpc) is 2.76. The van der Waals surface area contributed by atoms with E-state index in [9.17, 15) is 23.1 Å². The maximum absolute atomic E-state index is 13.0. The van der Waals surface area contributed by atoms with Gasteiger partial charge in [-0.05, 0) is 36.3 Å². The van der Waals surface area contributed by atoms with Crippen LogP contribution in [-0.2, 0) is 11.0 Å². The van der Waals surface area contributed by atoms with Crippen LogP contribution in [0.25, 0.3) is 11.6 Å². The van der Waals surface area contributed by atoms with Crippen LogP contribution in [0, 0.1) is 0 Å². The van der Waals surface area contributed by atoms with Gasteiger partial charge < -0.3 is 9.84 Å². The van der Waals surface area contributed by atoms with Gasteiger partial charge >= 0.3 is 12.1 Å². The van der Waals surface area contributed by atoms with Crippen LogP contribution in [0.15, 0.2) is 48.5 Å². The lowest BCUT2D eigenvalue weighted by atomic mass is 10.00. The number of carbonyl (C=O) groups is 1. The molecule has 0 fully saturated rings. The number of rotatable bonds is 13. The van der Waals surface area contributed by atoms with E-state index in [0.29, 0.717) is 17.9 Å². The molecule has 174 valence electrons. The average molecular weight is 449 g/mol. The second kappa shape index (κ2) is 12.9. The van der Waals surface area contributed by atoms with Crippen molar-refractivity contribution in [3.05, 3.63) is 65.2 Å². The minimum absolute atomic E-state index is 0.00907. The topological polar surface area (TPSA) is 46.5 Å². The first kappa shape index (κ1) is 25.5. The van der Waals surface area contributed by atoms with E-state index in [0.717, 1.165) is 31.4 Å². The fourth-order valence-electron chi connectivity index (χ4n) is 3.44. The van der Waals surface area contributed by atoms with Crippen molar-refractivity contribution < 1.29 is 27.8 Å². The Bertz CT molecular complexity index is 888. The summed E-state index contributed by atoms with van der Waals surface area (Å²) in [7, 11) is 0. The number of ether oxygens (including phenoxy) is 1. The van der Waals surface area contributed by atoms with E-state index in [1.807, 2.05) is 0 Å². The van der Waals surface area contributed by atoms with Gasteiger partial charge in [-0.3, -0.25) is 0 Å². The van der Waals surface area contributed by atoms with E-state index in [-0.39, 0.29) is 11.1 Å². The summed E-state index contributed by atoms with van der Waals surface area (Å²) in [4.78, 5) is 11.8. The number of hydrogen-bond acceptors (Lipinski definition) is 2. The van der Waals surface area contributed by atoms with Crippen molar-refractivity contribution in [1.82, 2.24) is 0 Å². The van der Waals surface area contributed by atoms with Gasteiger partial charge in [0.1, 0.15) is 5.75 Å². The van der Waals surface area contributed by atoms with Gasteiger partial charge in [0.15, 0.2) is 0 Å². The molecular formula is C26H31F3O3. The van der Waals surface area contributed by atoms with Gasteiger partial charge in [-0.2, -0.15) is 13.2 Å². The Kier molecular flexibility index (Phi) is 10.3. The highest BCUT2D eigenvalue weighted by Gasteiger charge is 2.31. The normalized spacial score (nSPS) is 12.1. The largest absolute Gasteiger partial charge is 0.493 e. The molecule has 2 rings (SSSR count). The third-order valence-electron chi connectivity index (χ3n) is 5.21. The lowest BCUT2D eigenvalue weighted by Crippen LogP contribution is -2.07. The quantitative estimate of drug-likeness (QED) is 0.193. The summed E-state index contributed by atoms with van der Waals surface area (Å²) < 4.78 is 45.0. The molecule has 2 aromatic carbocycles. The molecule has 0 aliphatic carbocycles. The Labute approximate surface area is 187 Å². The molecule has 0 heterocycles. The van der Waals surface area contributed by atoms with Crippen LogP contribution >= 0.6 is 0 Å². The summed E-state index contributed by atoms with van der Waals surface area (Å²) in [5.41, 5.74) is -0.604. The monoisotopic (exact) mass is 448 g/mol. The van der Waals surface area contributed by atoms with E-state index in [1.165, 1.54) is 50.3 Å². The van der Waals surface area contributed by atoms with E-state index in [4.69, 9.17) is 4.74 Å². The van der Waals surface area contributed by atoms with E-state index >= 15 is 0 Å². The second-order valence-electron chi connectivity index (χ2n) is 7.80. The summed E-state index contributed by atoms with van der Waals surface area (Å²) in [6.07, 6.45) is 6.22. The van der Waals surface area contributed by atoms with Gasteiger partial charge in [0.05, 0.1) is 17.7 Å². The Balaban J connectivity index is 2.05. The highest BCUT2D eigenvalue weighted by molar-refractivity contribution is 6.20. The zero-order valence-corrected chi connectivity index (χ0v) is 18.5. The minimum atomic E-state index is -4.54. The fourth-order valence-corrected chi connectivity index (χ4v) is 3.44. The molecule has 0 aromatic heterocycles. The fraction of sp³-hybridized carbons (Fsp3) is 0.423. The van der Waals surface area contributed by atoms with Crippen molar-refractivity contribution in [2.45, 2.75) is 64.5 Å². The Morgan fingerprint density at radius 3 is 2.25 bits per heavy atom. The maximum atomic E-state index is 13.0. The highest BCUT2D eigenvalue weighted by atomic mass is 19.4. The molecule has 0 bridgehead atoms. The number of alkyl halides is 3. The molecule has 0 aliphatic rings. The van der Waals surface area contributed by atoms with Crippen LogP contribution in [0.5, 0.6) is 5.75 Å². The van der Waals surface area contributed by atoms with Crippen molar-refractivity contribution in [2.75, 3.05) is 6.61 Å². The molecule has 0 amide bonds. The molecule has 0 spiro atoms. The molecule has 0 atom stereocenters. The van der Waals surface area contributed by atoms with Gasteiger partial charge in [0.2, 0.25) is 0 Å². The number of halogens is 3. The Morgan fingerprint density at radius 1 is 0.938 bits per heavy atom. The van der Waals surface area contributed by atoms with Crippen molar-refractivity contribution in [3.8, 4) is 5.75 Å². The first-order chi connectivity index (χ1) is 15.3. The van der Waals surface area contributed by atoms with Gasteiger partial charge in [0.25, 0.3) is 0 Å². The van der Waals surface area contributed by atoms with Crippen molar-refractivity contribution >= 4 is 17.6 Å². The molecule has 0 unspecified atom stereocenters. The zero-order valence-electron chi connectivity index (χ0n) is 18.5. The number of hydrogen-bond donors (Lipinski definition) is 1. The predicted molar refractivity (Wildman–Crippen MR) is 121 cm³/mol. The molecule has 0 saturated carbocycles.